The van der Waals surface area contributed by atoms with E-state index in [0.29, 0.717) is 68.8 Å². The van der Waals surface area contributed by atoms with Crippen LogP contribution in [-0.2, 0) is 16.1 Å². The average Bonchev–Trinajstić information content (AvgIpc) is 3.14. The first-order valence-corrected chi connectivity index (χ1v) is 17.6. The van der Waals surface area contributed by atoms with Crippen molar-refractivity contribution in [3.63, 3.8) is 0 Å². The van der Waals surface area contributed by atoms with Crippen molar-refractivity contribution in [2.24, 2.45) is 0 Å². The summed E-state index contributed by atoms with van der Waals surface area (Å²) in [7, 11) is 3.03. The number of methoxy groups -OCH3 is 2. The number of anilines is 2. The van der Waals surface area contributed by atoms with Crippen LogP contribution in [0.4, 0.5) is 21.0 Å². The molecular weight excluding hydrogens is 626 g/mol. The van der Waals surface area contributed by atoms with Crippen LogP contribution in [0, 0.1) is 0 Å². The molecule has 49 heavy (non-hydrogen) atoms. The minimum Gasteiger partial charge on any atom is -0.497 e. The number of piperidine rings is 3. The first-order chi connectivity index (χ1) is 23.8. The maximum Gasteiger partial charge on any atom is 0.322 e. The Morgan fingerprint density at radius 2 is 1.55 bits per heavy atom. The van der Waals surface area contributed by atoms with Gasteiger partial charge in [-0.3, -0.25) is 9.59 Å². The van der Waals surface area contributed by atoms with Gasteiger partial charge >= 0.3 is 12.1 Å². The molecule has 0 unspecified atom stereocenters. The number of fused-ring (bicyclic) bond motifs is 1. The van der Waals surface area contributed by atoms with Gasteiger partial charge in [0.2, 0.25) is 11.8 Å². The van der Waals surface area contributed by atoms with Gasteiger partial charge in [-0.2, -0.15) is 0 Å². The van der Waals surface area contributed by atoms with Crippen LogP contribution in [0.25, 0.3) is 0 Å². The quantitative estimate of drug-likeness (QED) is 0.364. The van der Waals surface area contributed by atoms with E-state index in [2.05, 4.69) is 20.9 Å². The molecule has 3 saturated heterocycles. The summed E-state index contributed by atoms with van der Waals surface area (Å²) in [5.41, 5.74) is 2.28. The molecule has 3 N–H and O–H groups in total. The number of benzene rings is 2. The molecule has 1 atom stereocenters. The summed E-state index contributed by atoms with van der Waals surface area (Å²) in [5, 5.41) is 8.58. The number of para-hydroxylation sites is 1. The molecule has 0 spiro atoms. The molecule has 13 heteroatoms. The largest absolute Gasteiger partial charge is 0.497 e. The van der Waals surface area contributed by atoms with Crippen LogP contribution in [0.3, 0.4) is 0 Å². The summed E-state index contributed by atoms with van der Waals surface area (Å²) in [6.45, 7) is 4.85. The number of urea groups is 2. The number of amides is 6. The number of likely N-dealkylation sites (tertiary alicyclic amines) is 3. The van der Waals surface area contributed by atoms with E-state index in [9.17, 15) is 19.2 Å². The zero-order valence-corrected chi connectivity index (χ0v) is 28.6. The van der Waals surface area contributed by atoms with Gasteiger partial charge in [-0.15, -0.1) is 0 Å². The molecule has 2 aromatic carbocycles. The van der Waals surface area contributed by atoms with Gasteiger partial charge < -0.3 is 45.0 Å². The highest BCUT2D eigenvalue weighted by molar-refractivity contribution is 5.97. The van der Waals surface area contributed by atoms with E-state index in [4.69, 9.17) is 9.47 Å². The number of carbonyl (C=O) groups is 4. The number of hydrogen-bond acceptors (Lipinski definition) is 7. The fourth-order valence-corrected chi connectivity index (χ4v) is 7.63. The Morgan fingerprint density at radius 1 is 0.857 bits per heavy atom. The van der Waals surface area contributed by atoms with Gasteiger partial charge in [-0.05, 0) is 75.4 Å². The Balaban J connectivity index is 1.09. The topological polar surface area (TPSA) is 136 Å². The first-order valence-electron chi connectivity index (χ1n) is 17.6. The summed E-state index contributed by atoms with van der Waals surface area (Å²) in [5.74, 6) is 0.512. The third kappa shape index (κ3) is 8.21. The van der Waals surface area contributed by atoms with Crippen molar-refractivity contribution in [1.29, 1.82) is 0 Å². The molecule has 4 aliphatic heterocycles. The predicted octanol–water partition coefficient (Wildman–Crippen LogP) is 4.10. The highest BCUT2D eigenvalue weighted by Gasteiger charge is 2.36. The molecule has 0 aromatic heterocycles. The maximum absolute atomic E-state index is 14.0. The SMILES string of the molecule is COc1ccc(OC)c(NC(=O)N[C@H](CC(=O)N2CCC(N3Cc4ccccc4NC3=O)CC2)C(=O)N2CCC(N3CCCCC3)CC2)c1. The highest BCUT2D eigenvalue weighted by atomic mass is 16.5. The smallest absolute Gasteiger partial charge is 0.322 e. The van der Waals surface area contributed by atoms with E-state index in [1.165, 1.54) is 33.5 Å². The van der Waals surface area contributed by atoms with Crippen molar-refractivity contribution in [2.45, 2.75) is 76.0 Å². The lowest BCUT2D eigenvalue weighted by atomic mass is 9.98. The van der Waals surface area contributed by atoms with Crippen LogP contribution >= 0.6 is 0 Å². The average molecular weight is 676 g/mol. The van der Waals surface area contributed by atoms with Gasteiger partial charge in [0, 0.05) is 56.6 Å². The van der Waals surface area contributed by atoms with Gasteiger partial charge in [0.1, 0.15) is 17.5 Å². The highest BCUT2D eigenvalue weighted by Crippen LogP contribution is 2.30. The van der Waals surface area contributed by atoms with Crippen molar-refractivity contribution in [3.05, 3.63) is 48.0 Å². The molecule has 6 amide bonds. The molecule has 2 aromatic rings. The summed E-state index contributed by atoms with van der Waals surface area (Å²) < 4.78 is 10.7. The minimum absolute atomic E-state index is 0.00205. The zero-order chi connectivity index (χ0) is 34.3. The van der Waals surface area contributed by atoms with Gasteiger partial charge in [0.15, 0.2) is 0 Å². The molecule has 0 radical (unpaired) electrons. The van der Waals surface area contributed by atoms with Crippen LogP contribution in [0.1, 0.15) is 56.9 Å². The Labute approximate surface area is 288 Å². The van der Waals surface area contributed by atoms with Gasteiger partial charge in [-0.25, -0.2) is 9.59 Å². The van der Waals surface area contributed by atoms with E-state index in [1.54, 1.807) is 28.0 Å². The third-order valence-corrected chi connectivity index (χ3v) is 10.4. The third-order valence-electron chi connectivity index (χ3n) is 10.4. The molecule has 4 heterocycles. The first kappa shape index (κ1) is 34.3. The molecule has 0 bridgehead atoms. The molecule has 0 aliphatic carbocycles. The maximum atomic E-state index is 14.0. The van der Waals surface area contributed by atoms with E-state index >= 15 is 0 Å². The Kier molecular flexibility index (Phi) is 11.1. The van der Waals surface area contributed by atoms with Crippen molar-refractivity contribution in [1.82, 2.24) is 24.9 Å². The Bertz CT molecular complexity index is 1500. The molecule has 264 valence electrons. The summed E-state index contributed by atoms with van der Waals surface area (Å²) in [4.78, 5) is 61.9. The molecular formula is C36H49N7O6. The van der Waals surface area contributed by atoms with E-state index in [-0.39, 0.29) is 30.3 Å². The summed E-state index contributed by atoms with van der Waals surface area (Å²) >= 11 is 0. The lowest BCUT2D eigenvalue weighted by Gasteiger charge is -2.41. The number of nitrogens with one attached hydrogen (secondary N) is 3. The zero-order valence-electron chi connectivity index (χ0n) is 28.6. The Hall–Kier alpha value is -4.52. The van der Waals surface area contributed by atoms with Crippen molar-refractivity contribution < 1.29 is 28.7 Å². The number of carbonyl (C=O) groups excluding carboxylic acids is 4. The van der Waals surface area contributed by atoms with Crippen LogP contribution in [0.5, 0.6) is 11.5 Å². The minimum atomic E-state index is -1.04. The van der Waals surface area contributed by atoms with Crippen molar-refractivity contribution >= 4 is 35.3 Å². The molecule has 4 aliphatic rings. The Morgan fingerprint density at radius 3 is 2.27 bits per heavy atom. The van der Waals surface area contributed by atoms with Crippen molar-refractivity contribution in [3.8, 4) is 11.5 Å². The second-order valence-electron chi connectivity index (χ2n) is 13.4. The lowest BCUT2D eigenvalue weighted by molar-refractivity contribution is -0.140. The van der Waals surface area contributed by atoms with E-state index in [0.717, 1.165) is 37.2 Å². The van der Waals surface area contributed by atoms with Crippen LogP contribution < -0.4 is 25.4 Å². The molecule has 3 fully saturated rings. The fraction of sp³-hybridized carbons (Fsp3) is 0.556. The second-order valence-corrected chi connectivity index (χ2v) is 13.4. The summed E-state index contributed by atoms with van der Waals surface area (Å²) in [6.07, 6.45) is 6.58. The predicted molar refractivity (Wildman–Crippen MR) is 186 cm³/mol. The number of rotatable bonds is 9. The number of hydrogen-bond donors (Lipinski definition) is 3. The normalized spacial score (nSPS) is 19.8. The van der Waals surface area contributed by atoms with Crippen LogP contribution in [-0.4, -0.2) is 115 Å². The van der Waals surface area contributed by atoms with Gasteiger partial charge in [0.25, 0.3) is 0 Å². The second kappa shape index (κ2) is 15.8. The summed E-state index contributed by atoms with van der Waals surface area (Å²) in [6, 6.07) is 11.5. The van der Waals surface area contributed by atoms with Crippen LogP contribution in [0.15, 0.2) is 42.5 Å². The molecule has 0 saturated carbocycles. The van der Waals surface area contributed by atoms with Crippen molar-refractivity contribution in [2.75, 3.05) is 64.1 Å². The fourth-order valence-electron chi connectivity index (χ4n) is 7.63. The van der Waals surface area contributed by atoms with Gasteiger partial charge in [-0.1, -0.05) is 24.6 Å². The monoisotopic (exact) mass is 675 g/mol. The van der Waals surface area contributed by atoms with Crippen LogP contribution in [0.2, 0.25) is 0 Å². The standard InChI is InChI=1S/C36H49N7O6/c1-48-28-10-11-32(49-2)30(22-28)37-35(46)38-31(34(45)42-20-12-26(13-21-42)40-16-6-3-7-17-40)23-33(44)41-18-14-27(15-19-41)43-24-25-8-4-5-9-29(25)39-36(43)47/h4-5,8-11,22,26-27,31H,3,6-7,12-21,23-24H2,1-2H3,(H,39,47)(H2,37,38,46)/t31-/m1/s1. The number of ether oxygens (including phenoxy) is 2. The molecule has 13 nitrogen and oxygen atoms in total. The van der Waals surface area contributed by atoms with Gasteiger partial charge in [0.05, 0.1) is 26.3 Å². The van der Waals surface area contributed by atoms with E-state index < -0.39 is 12.1 Å². The molecule has 6 rings (SSSR count). The van der Waals surface area contributed by atoms with E-state index in [1.807, 2.05) is 29.2 Å². The number of nitrogens with zero attached hydrogens (tertiary/aromatic N) is 4. The lowest BCUT2D eigenvalue weighted by Crippen LogP contribution is -2.56.